The molecule has 106 valence electrons. The van der Waals surface area contributed by atoms with Gasteiger partial charge in [0.15, 0.2) is 0 Å². The Kier molecular flexibility index (Phi) is 6.03. The van der Waals surface area contributed by atoms with E-state index in [0.29, 0.717) is 0 Å². The number of carbonyl (C=O) groups is 1. The first-order valence-electron chi connectivity index (χ1n) is 6.86. The topological polar surface area (TPSA) is 52.6 Å². The molecule has 0 aromatic heterocycles. The fourth-order valence-corrected chi connectivity index (χ4v) is 4.33. The smallest absolute Gasteiger partial charge is 0.300 e. The maximum absolute atomic E-state index is 12.6. The minimum atomic E-state index is -3.63. The molecule has 1 aliphatic carbocycles. The standard InChI is InChI=1S/C13H25O4P/c1-10(2)16-18(15,17-11(3)4)13(14)12-8-6-5-7-9-12/h10-12H,5-9H2,1-4H3. The van der Waals surface area contributed by atoms with E-state index in [0.717, 1.165) is 32.1 Å². The number of hydrogen-bond acceptors (Lipinski definition) is 4. The zero-order valence-corrected chi connectivity index (χ0v) is 12.7. The van der Waals surface area contributed by atoms with E-state index in [1.165, 1.54) is 0 Å². The molecular formula is C13H25O4P. The molecule has 18 heavy (non-hydrogen) atoms. The molecule has 1 saturated carbocycles. The molecule has 0 radical (unpaired) electrons. The minimum Gasteiger partial charge on any atom is -0.300 e. The molecular weight excluding hydrogens is 251 g/mol. The van der Waals surface area contributed by atoms with Crippen LogP contribution < -0.4 is 0 Å². The van der Waals surface area contributed by atoms with Gasteiger partial charge in [-0.3, -0.25) is 9.36 Å². The summed E-state index contributed by atoms with van der Waals surface area (Å²) in [5.41, 5.74) is -0.315. The Labute approximate surface area is 110 Å². The van der Waals surface area contributed by atoms with Crippen molar-refractivity contribution < 1.29 is 18.4 Å². The molecule has 1 rings (SSSR count). The lowest BCUT2D eigenvalue weighted by Crippen LogP contribution is -2.22. The molecule has 0 aromatic carbocycles. The summed E-state index contributed by atoms with van der Waals surface area (Å²) >= 11 is 0. The second kappa shape index (κ2) is 6.83. The monoisotopic (exact) mass is 276 g/mol. The molecule has 0 heterocycles. The number of rotatable bonds is 6. The lowest BCUT2D eigenvalue weighted by molar-refractivity contribution is -0.118. The Morgan fingerprint density at radius 3 is 1.83 bits per heavy atom. The van der Waals surface area contributed by atoms with Gasteiger partial charge in [-0.05, 0) is 40.5 Å². The van der Waals surface area contributed by atoms with Crippen LogP contribution in [0.3, 0.4) is 0 Å². The molecule has 1 fully saturated rings. The molecule has 0 aromatic rings. The lowest BCUT2D eigenvalue weighted by atomic mass is 9.90. The quantitative estimate of drug-likeness (QED) is 0.684. The van der Waals surface area contributed by atoms with E-state index in [-0.39, 0.29) is 23.7 Å². The van der Waals surface area contributed by atoms with Gasteiger partial charge in [-0.1, -0.05) is 19.3 Å². The first-order valence-corrected chi connectivity index (χ1v) is 8.40. The van der Waals surface area contributed by atoms with Crippen molar-refractivity contribution in [1.82, 2.24) is 0 Å². The predicted octanol–water partition coefficient (Wildman–Crippen LogP) is 4.14. The molecule has 0 atom stereocenters. The Hall–Kier alpha value is -0.180. The van der Waals surface area contributed by atoms with Crippen molar-refractivity contribution in [3.63, 3.8) is 0 Å². The van der Waals surface area contributed by atoms with Gasteiger partial charge in [0.05, 0.1) is 12.2 Å². The molecule has 0 saturated heterocycles. The third-order valence-electron chi connectivity index (χ3n) is 2.92. The second-order valence-electron chi connectivity index (χ2n) is 5.48. The van der Waals surface area contributed by atoms with Gasteiger partial charge in [0, 0.05) is 5.92 Å². The van der Waals surface area contributed by atoms with Gasteiger partial charge in [-0.25, -0.2) is 0 Å². The molecule has 0 spiro atoms. The third-order valence-corrected chi connectivity index (χ3v) is 5.23. The summed E-state index contributed by atoms with van der Waals surface area (Å²) in [5.74, 6) is -0.151. The second-order valence-corrected chi connectivity index (χ2v) is 7.34. The van der Waals surface area contributed by atoms with E-state index in [4.69, 9.17) is 9.05 Å². The Balaban J connectivity index is 2.80. The van der Waals surface area contributed by atoms with Crippen LogP contribution in [0.1, 0.15) is 59.8 Å². The summed E-state index contributed by atoms with van der Waals surface area (Å²) in [6.45, 7) is 7.07. The van der Waals surface area contributed by atoms with Crippen LogP contribution >= 0.6 is 7.60 Å². The SMILES string of the molecule is CC(C)OP(=O)(OC(C)C)C(=O)C1CCCCC1. The molecule has 0 aliphatic heterocycles. The molecule has 1 aliphatic rings. The van der Waals surface area contributed by atoms with Gasteiger partial charge in [-0.15, -0.1) is 0 Å². The first kappa shape index (κ1) is 15.9. The van der Waals surface area contributed by atoms with E-state index in [2.05, 4.69) is 0 Å². The highest BCUT2D eigenvalue weighted by Gasteiger charge is 2.41. The van der Waals surface area contributed by atoms with Gasteiger partial charge in [-0.2, -0.15) is 0 Å². The van der Waals surface area contributed by atoms with Gasteiger partial charge in [0.2, 0.25) is 5.52 Å². The van der Waals surface area contributed by atoms with E-state index in [1.54, 1.807) is 27.7 Å². The molecule has 4 nitrogen and oxygen atoms in total. The van der Waals surface area contributed by atoms with Gasteiger partial charge in [0.25, 0.3) is 0 Å². The third kappa shape index (κ3) is 4.49. The van der Waals surface area contributed by atoms with Crippen LogP contribution in [0.15, 0.2) is 0 Å². The van der Waals surface area contributed by atoms with E-state index < -0.39 is 7.60 Å². The van der Waals surface area contributed by atoms with Crippen molar-refractivity contribution in [2.24, 2.45) is 5.92 Å². The van der Waals surface area contributed by atoms with E-state index in [1.807, 2.05) is 0 Å². The van der Waals surface area contributed by atoms with Crippen LogP contribution in [0.5, 0.6) is 0 Å². The fraction of sp³-hybridized carbons (Fsp3) is 0.923. The first-order chi connectivity index (χ1) is 8.35. The Morgan fingerprint density at radius 1 is 1.00 bits per heavy atom. The Morgan fingerprint density at radius 2 is 1.44 bits per heavy atom. The lowest BCUT2D eigenvalue weighted by Gasteiger charge is -2.27. The van der Waals surface area contributed by atoms with Gasteiger partial charge < -0.3 is 9.05 Å². The van der Waals surface area contributed by atoms with Crippen molar-refractivity contribution in [3.8, 4) is 0 Å². The van der Waals surface area contributed by atoms with Crippen molar-refractivity contribution in [2.75, 3.05) is 0 Å². The van der Waals surface area contributed by atoms with Crippen molar-refractivity contribution in [3.05, 3.63) is 0 Å². The van der Waals surface area contributed by atoms with E-state index in [9.17, 15) is 9.36 Å². The summed E-state index contributed by atoms with van der Waals surface area (Å²) < 4.78 is 23.3. The highest BCUT2D eigenvalue weighted by molar-refractivity contribution is 7.71. The maximum atomic E-state index is 12.6. The van der Waals surface area contributed by atoms with Gasteiger partial charge >= 0.3 is 7.60 Å². The number of carbonyl (C=O) groups excluding carboxylic acids is 1. The molecule has 0 amide bonds. The van der Waals surface area contributed by atoms with Crippen LogP contribution in [0.2, 0.25) is 0 Å². The molecule has 0 bridgehead atoms. The predicted molar refractivity (Wildman–Crippen MR) is 71.6 cm³/mol. The van der Waals surface area contributed by atoms with Crippen molar-refractivity contribution in [1.29, 1.82) is 0 Å². The minimum absolute atomic E-state index is 0.151. The van der Waals surface area contributed by atoms with Gasteiger partial charge in [0.1, 0.15) is 0 Å². The zero-order chi connectivity index (χ0) is 13.8. The summed E-state index contributed by atoms with van der Waals surface area (Å²) in [4.78, 5) is 12.4. The van der Waals surface area contributed by atoms with Crippen LogP contribution in [0.4, 0.5) is 0 Å². The summed E-state index contributed by atoms with van der Waals surface area (Å²) in [6.07, 6.45) is 4.28. The normalized spacial score (nSPS) is 18.6. The highest BCUT2D eigenvalue weighted by atomic mass is 31.2. The largest absolute Gasteiger partial charge is 0.397 e. The molecule has 5 heteroatoms. The van der Waals surface area contributed by atoms with Crippen LogP contribution in [-0.2, 0) is 18.4 Å². The van der Waals surface area contributed by atoms with Crippen molar-refractivity contribution in [2.45, 2.75) is 72.0 Å². The van der Waals surface area contributed by atoms with Crippen LogP contribution in [-0.4, -0.2) is 17.7 Å². The molecule has 0 N–H and O–H groups in total. The maximum Gasteiger partial charge on any atom is 0.397 e. The molecule has 0 unspecified atom stereocenters. The van der Waals surface area contributed by atoms with Crippen LogP contribution in [0.25, 0.3) is 0 Å². The fourth-order valence-electron chi connectivity index (χ4n) is 2.26. The van der Waals surface area contributed by atoms with Crippen LogP contribution in [0, 0.1) is 5.92 Å². The highest BCUT2D eigenvalue weighted by Crippen LogP contribution is 2.54. The van der Waals surface area contributed by atoms with E-state index >= 15 is 0 Å². The average Bonchev–Trinajstić information content (AvgIpc) is 2.27. The Bertz CT molecular complexity index is 305. The number of hydrogen-bond donors (Lipinski definition) is 0. The van der Waals surface area contributed by atoms with Crippen molar-refractivity contribution >= 4 is 13.1 Å². The zero-order valence-electron chi connectivity index (χ0n) is 11.8. The average molecular weight is 276 g/mol. The summed E-state index contributed by atoms with van der Waals surface area (Å²) in [7, 11) is -3.63. The summed E-state index contributed by atoms with van der Waals surface area (Å²) in [5, 5.41) is 0. The summed E-state index contributed by atoms with van der Waals surface area (Å²) in [6, 6.07) is 0.